The molecule has 0 aliphatic carbocycles. The molecule has 1 aliphatic rings. The van der Waals surface area contributed by atoms with Crippen LogP contribution in [0, 0.1) is 5.92 Å². The summed E-state index contributed by atoms with van der Waals surface area (Å²) >= 11 is 0. The molecule has 1 amide bonds. The van der Waals surface area contributed by atoms with E-state index in [9.17, 15) is 4.79 Å². The molecular weight excluding hydrogens is 298 g/mol. The van der Waals surface area contributed by atoms with Crippen LogP contribution in [0.2, 0.25) is 0 Å². The number of hydrogen-bond donors (Lipinski definition) is 1. The van der Waals surface area contributed by atoms with E-state index in [4.69, 9.17) is 0 Å². The highest BCUT2D eigenvalue weighted by Gasteiger charge is 2.24. The molecule has 1 aromatic carbocycles. The Morgan fingerprint density at radius 3 is 2.46 bits per heavy atom. The lowest BCUT2D eigenvalue weighted by Gasteiger charge is -2.37. The first-order chi connectivity index (χ1) is 11.5. The minimum atomic E-state index is 0.0575. The van der Waals surface area contributed by atoms with Crippen LogP contribution in [0.5, 0.6) is 0 Å². The molecule has 1 N–H and O–H groups in total. The van der Waals surface area contributed by atoms with Gasteiger partial charge < -0.3 is 15.1 Å². The van der Waals surface area contributed by atoms with E-state index in [1.54, 1.807) is 0 Å². The van der Waals surface area contributed by atoms with Gasteiger partial charge in [0.05, 0.1) is 6.04 Å². The summed E-state index contributed by atoms with van der Waals surface area (Å²) in [6.07, 6.45) is 2.99. The average molecular weight is 332 g/mol. The van der Waals surface area contributed by atoms with Crippen molar-refractivity contribution < 1.29 is 4.79 Å². The molecule has 0 spiro atoms. The van der Waals surface area contributed by atoms with Gasteiger partial charge in [0.15, 0.2) is 0 Å². The molecule has 1 heterocycles. The maximum absolute atomic E-state index is 12.3. The number of likely N-dealkylation sites (tertiary alicyclic amines) is 1. The topological polar surface area (TPSA) is 35.6 Å². The van der Waals surface area contributed by atoms with E-state index in [1.165, 1.54) is 18.4 Å². The van der Waals surface area contributed by atoms with E-state index in [-0.39, 0.29) is 11.9 Å². The van der Waals surface area contributed by atoms with Crippen LogP contribution in [0.3, 0.4) is 0 Å². The molecule has 0 aromatic heterocycles. The molecule has 1 atom stereocenters. The van der Waals surface area contributed by atoms with Gasteiger partial charge >= 0.3 is 0 Å². The minimum absolute atomic E-state index is 0.0575. The highest BCUT2D eigenvalue weighted by atomic mass is 16.1. The Kier molecular flexibility index (Phi) is 7.25. The maximum Gasteiger partial charge on any atom is 0.220 e. The molecule has 1 aliphatic heterocycles. The fourth-order valence-corrected chi connectivity index (χ4v) is 3.42. The zero-order valence-electron chi connectivity index (χ0n) is 15.7. The van der Waals surface area contributed by atoms with Crippen molar-refractivity contribution in [2.75, 3.05) is 33.7 Å². The van der Waals surface area contributed by atoms with Crippen LogP contribution in [-0.4, -0.2) is 55.5 Å². The maximum atomic E-state index is 12.3. The lowest BCUT2D eigenvalue weighted by atomic mass is 10.0. The highest BCUT2D eigenvalue weighted by molar-refractivity contribution is 5.76. The van der Waals surface area contributed by atoms with Gasteiger partial charge in [0.1, 0.15) is 0 Å². The van der Waals surface area contributed by atoms with Gasteiger partial charge in [-0.15, -0.1) is 0 Å². The molecule has 4 nitrogen and oxygen atoms in total. The predicted octanol–water partition coefficient (Wildman–Crippen LogP) is 2.92. The third-order valence-electron chi connectivity index (χ3n) is 4.91. The smallest absolute Gasteiger partial charge is 0.220 e. The van der Waals surface area contributed by atoms with Crippen LogP contribution in [0.1, 0.15) is 44.7 Å². The van der Waals surface area contributed by atoms with Crippen LogP contribution in [0.4, 0.5) is 0 Å². The van der Waals surface area contributed by atoms with Crippen LogP contribution in [0.25, 0.3) is 0 Å². The molecule has 24 heavy (non-hydrogen) atoms. The first kappa shape index (κ1) is 18.9. The van der Waals surface area contributed by atoms with Gasteiger partial charge in [0, 0.05) is 19.0 Å². The largest absolute Gasteiger partial charge is 0.348 e. The molecular formula is C20H33N3O. The minimum Gasteiger partial charge on any atom is -0.348 e. The molecule has 134 valence electrons. The second kappa shape index (κ2) is 9.19. The SMILES string of the molecule is CC(C)CC(=O)N[C@H](CN(C)C1CCN(C)CC1)c1ccccc1. The second-order valence-electron chi connectivity index (χ2n) is 7.60. The van der Waals surface area contributed by atoms with Crippen LogP contribution in [0.15, 0.2) is 30.3 Å². The lowest BCUT2D eigenvalue weighted by Crippen LogP contribution is -2.45. The predicted molar refractivity (Wildman–Crippen MR) is 99.9 cm³/mol. The Hall–Kier alpha value is -1.39. The van der Waals surface area contributed by atoms with Gasteiger partial charge in [0.25, 0.3) is 0 Å². The molecule has 0 bridgehead atoms. The average Bonchev–Trinajstić information content (AvgIpc) is 2.55. The highest BCUT2D eigenvalue weighted by Crippen LogP contribution is 2.20. The van der Waals surface area contributed by atoms with Crippen molar-refractivity contribution in [3.8, 4) is 0 Å². The van der Waals surface area contributed by atoms with Crippen molar-refractivity contribution >= 4 is 5.91 Å². The summed E-state index contributed by atoms with van der Waals surface area (Å²) in [6, 6.07) is 11.0. The number of hydrogen-bond acceptors (Lipinski definition) is 3. The fourth-order valence-electron chi connectivity index (χ4n) is 3.42. The fraction of sp³-hybridized carbons (Fsp3) is 0.650. The standard InChI is InChI=1S/C20H33N3O/c1-16(2)14-20(24)21-19(17-8-6-5-7-9-17)15-23(4)18-10-12-22(3)13-11-18/h5-9,16,18-19H,10-15H2,1-4H3,(H,21,24)/t19-/m1/s1. The van der Waals surface area contributed by atoms with Crippen molar-refractivity contribution in [3.63, 3.8) is 0 Å². The molecule has 1 fully saturated rings. The molecule has 1 aromatic rings. The van der Waals surface area contributed by atoms with Crippen LogP contribution in [-0.2, 0) is 4.79 Å². The molecule has 1 saturated heterocycles. The zero-order valence-corrected chi connectivity index (χ0v) is 15.7. The third kappa shape index (κ3) is 5.91. The van der Waals surface area contributed by atoms with Gasteiger partial charge in [-0.3, -0.25) is 4.79 Å². The van der Waals surface area contributed by atoms with Crippen molar-refractivity contribution in [2.45, 2.75) is 45.2 Å². The zero-order chi connectivity index (χ0) is 17.5. The summed E-state index contributed by atoms with van der Waals surface area (Å²) < 4.78 is 0. The molecule has 0 saturated carbocycles. The second-order valence-corrected chi connectivity index (χ2v) is 7.60. The Morgan fingerprint density at radius 2 is 1.88 bits per heavy atom. The van der Waals surface area contributed by atoms with Gasteiger partial charge in [-0.25, -0.2) is 0 Å². The number of nitrogens with one attached hydrogen (secondary N) is 1. The van der Waals surface area contributed by atoms with E-state index in [0.717, 1.165) is 19.6 Å². The number of carbonyl (C=O) groups is 1. The van der Waals surface area contributed by atoms with Crippen LogP contribution >= 0.6 is 0 Å². The summed E-state index contributed by atoms with van der Waals surface area (Å²) in [6.45, 7) is 7.35. The summed E-state index contributed by atoms with van der Waals surface area (Å²) in [5.41, 5.74) is 1.19. The van der Waals surface area contributed by atoms with Gasteiger partial charge in [0.2, 0.25) is 5.91 Å². The van der Waals surface area contributed by atoms with Crippen molar-refractivity contribution in [1.82, 2.24) is 15.1 Å². The molecule has 0 radical (unpaired) electrons. The number of piperidine rings is 1. The number of likely N-dealkylation sites (N-methyl/N-ethyl adjacent to an activating group) is 1. The van der Waals surface area contributed by atoms with Crippen LogP contribution < -0.4 is 5.32 Å². The van der Waals surface area contributed by atoms with Gasteiger partial charge in [-0.1, -0.05) is 44.2 Å². The first-order valence-corrected chi connectivity index (χ1v) is 9.18. The van der Waals surface area contributed by atoms with Crippen molar-refractivity contribution in [1.29, 1.82) is 0 Å². The number of nitrogens with zero attached hydrogens (tertiary/aromatic N) is 2. The third-order valence-corrected chi connectivity index (χ3v) is 4.91. The van der Waals surface area contributed by atoms with E-state index < -0.39 is 0 Å². The molecule has 4 heteroatoms. The quantitative estimate of drug-likeness (QED) is 0.834. The summed E-state index contributed by atoms with van der Waals surface area (Å²) in [4.78, 5) is 17.1. The number of benzene rings is 1. The number of rotatable bonds is 7. The monoisotopic (exact) mass is 331 g/mol. The lowest BCUT2D eigenvalue weighted by molar-refractivity contribution is -0.122. The summed E-state index contributed by atoms with van der Waals surface area (Å²) in [7, 11) is 4.38. The van der Waals surface area contributed by atoms with Crippen molar-refractivity contribution in [2.24, 2.45) is 5.92 Å². The normalized spacial score (nSPS) is 18.1. The summed E-state index contributed by atoms with van der Waals surface area (Å²) in [5, 5.41) is 3.25. The van der Waals surface area contributed by atoms with Gasteiger partial charge in [-0.2, -0.15) is 0 Å². The Labute approximate surface area is 147 Å². The van der Waals surface area contributed by atoms with Crippen molar-refractivity contribution in [3.05, 3.63) is 35.9 Å². The molecule has 0 unspecified atom stereocenters. The Bertz CT molecular complexity index is 495. The first-order valence-electron chi connectivity index (χ1n) is 9.18. The van der Waals surface area contributed by atoms with E-state index in [2.05, 4.69) is 55.2 Å². The van der Waals surface area contributed by atoms with E-state index in [1.807, 2.05) is 18.2 Å². The Balaban J connectivity index is 2.01. The number of carbonyl (C=O) groups excluding carboxylic acids is 1. The molecule has 2 rings (SSSR count). The Morgan fingerprint density at radius 1 is 1.25 bits per heavy atom. The summed E-state index contributed by atoms with van der Waals surface area (Å²) in [5.74, 6) is 0.531. The van der Waals surface area contributed by atoms with E-state index >= 15 is 0 Å². The number of amides is 1. The van der Waals surface area contributed by atoms with E-state index in [0.29, 0.717) is 18.4 Å². The van der Waals surface area contributed by atoms with Gasteiger partial charge in [-0.05, 0) is 51.5 Å².